The van der Waals surface area contributed by atoms with Gasteiger partial charge in [-0.2, -0.15) is 0 Å². The zero-order valence-electron chi connectivity index (χ0n) is 15.0. The molecule has 0 bridgehead atoms. The fourth-order valence-corrected chi connectivity index (χ4v) is 4.53. The molecule has 134 valence electrons. The maximum absolute atomic E-state index is 12.5. The Kier molecular flexibility index (Phi) is 5.51. The molecule has 1 heterocycles. The van der Waals surface area contributed by atoms with E-state index in [1.165, 1.54) is 0 Å². The average Bonchev–Trinajstić information content (AvgIpc) is 2.86. The lowest BCUT2D eigenvalue weighted by molar-refractivity contribution is -0.121. The molecule has 0 aliphatic heterocycles. The second-order valence-corrected chi connectivity index (χ2v) is 8.07. The number of carbonyl (C=O) groups is 2. The zero-order chi connectivity index (χ0) is 18.1. The molecule has 25 heavy (non-hydrogen) atoms. The number of hydrogen-bond donors (Lipinski definition) is 0. The van der Waals surface area contributed by atoms with Crippen LogP contribution in [-0.2, 0) is 9.53 Å². The Labute approximate surface area is 162 Å². The summed E-state index contributed by atoms with van der Waals surface area (Å²) in [5.41, 5.74) is 2.71. The van der Waals surface area contributed by atoms with Crippen molar-refractivity contribution < 1.29 is 14.3 Å². The lowest BCUT2D eigenvalue weighted by Gasteiger charge is -2.30. The summed E-state index contributed by atoms with van der Waals surface area (Å²) in [5, 5.41) is 0.954. The summed E-state index contributed by atoms with van der Waals surface area (Å²) in [6.45, 7) is 6.41. The van der Waals surface area contributed by atoms with Crippen LogP contribution in [0.5, 0.6) is 0 Å². The number of carbonyl (C=O) groups excluding carboxylic acids is 2. The van der Waals surface area contributed by atoms with Gasteiger partial charge in [0.05, 0.1) is 17.7 Å². The molecule has 0 radical (unpaired) electrons. The third-order valence-electron chi connectivity index (χ3n) is 5.37. The molecule has 2 aromatic rings. The molecule has 1 aliphatic rings. The van der Waals surface area contributed by atoms with Gasteiger partial charge in [-0.1, -0.05) is 6.07 Å². The number of Topliss-reactive ketones (excluding diaryl/α,β-unsaturated/α-hetero) is 1. The summed E-state index contributed by atoms with van der Waals surface area (Å²) < 4.78 is 8.73. The van der Waals surface area contributed by atoms with Gasteiger partial charge in [-0.25, -0.2) is 4.79 Å². The van der Waals surface area contributed by atoms with E-state index >= 15 is 0 Å². The van der Waals surface area contributed by atoms with Crippen LogP contribution in [0.25, 0.3) is 10.9 Å². The Bertz CT molecular complexity index is 814. The Morgan fingerprint density at radius 2 is 2.04 bits per heavy atom. The fourth-order valence-electron chi connectivity index (χ4n) is 4.05. The maximum Gasteiger partial charge on any atom is 0.340 e. The first-order valence-electron chi connectivity index (χ1n) is 8.92. The molecule has 1 fully saturated rings. The van der Waals surface area contributed by atoms with Crippen molar-refractivity contribution in [3.05, 3.63) is 33.0 Å². The van der Waals surface area contributed by atoms with Crippen LogP contribution in [0.1, 0.15) is 61.6 Å². The Morgan fingerprint density at radius 1 is 1.36 bits per heavy atom. The summed E-state index contributed by atoms with van der Waals surface area (Å²) in [4.78, 5) is 24.1. The highest BCUT2D eigenvalue weighted by Crippen LogP contribution is 2.37. The minimum atomic E-state index is -0.254. The Balaban J connectivity index is 2.10. The van der Waals surface area contributed by atoms with Gasteiger partial charge in [0.25, 0.3) is 0 Å². The van der Waals surface area contributed by atoms with Crippen LogP contribution in [-0.4, -0.2) is 22.9 Å². The van der Waals surface area contributed by atoms with Crippen molar-refractivity contribution in [1.29, 1.82) is 0 Å². The molecule has 0 spiro atoms. The Hall–Kier alpha value is -1.37. The number of fused-ring (bicyclic) bond motifs is 1. The molecule has 0 unspecified atom stereocenters. The number of nitrogens with zero attached hydrogens (tertiary/aromatic N) is 1. The van der Waals surface area contributed by atoms with E-state index in [9.17, 15) is 9.59 Å². The lowest BCUT2D eigenvalue weighted by atomic mass is 9.83. The summed E-state index contributed by atoms with van der Waals surface area (Å²) in [5.74, 6) is 0.579. The van der Waals surface area contributed by atoms with Crippen LogP contribution in [0, 0.1) is 16.4 Å². The number of aromatic nitrogens is 1. The highest BCUT2D eigenvalue weighted by molar-refractivity contribution is 14.1. The van der Waals surface area contributed by atoms with Crippen molar-refractivity contribution in [2.75, 3.05) is 6.61 Å². The zero-order valence-corrected chi connectivity index (χ0v) is 17.1. The Morgan fingerprint density at radius 3 is 2.68 bits per heavy atom. The van der Waals surface area contributed by atoms with Crippen LogP contribution >= 0.6 is 22.6 Å². The van der Waals surface area contributed by atoms with Crippen LogP contribution in [0.15, 0.2) is 18.2 Å². The van der Waals surface area contributed by atoms with E-state index in [1.807, 2.05) is 26.0 Å². The standard InChI is InChI=1S/C20H24INO3/c1-4-25-20(24)19-13(3)22(18-11-15(21)7-10-17(18)19)12(2)14-5-8-16(23)9-6-14/h7,10-12,14H,4-6,8-9H2,1-3H3/t12-/m1/s1. The average molecular weight is 453 g/mol. The number of rotatable bonds is 4. The smallest absolute Gasteiger partial charge is 0.340 e. The number of ether oxygens (including phenoxy) is 1. The predicted octanol–water partition coefficient (Wildman–Crippen LogP) is 5.05. The maximum atomic E-state index is 12.5. The number of halogens is 1. The van der Waals surface area contributed by atoms with Crippen molar-refractivity contribution in [3.63, 3.8) is 0 Å². The normalized spacial score (nSPS) is 17.0. The highest BCUT2D eigenvalue weighted by Gasteiger charge is 2.29. The minimum absolute atomic E-state index is 0.247. The molecule has 1 aromatic heterocycles. The quantitative estimate of drug-likeness (QED) is 0.481. The molecule has 0 amide bonds. The number of benzene rings is 1. The number of hydrogen-bond acceptors (Lipinski definition) is 3. The van der Waals surface area contributed by atoms with E-state index in [0.717, 1.165) is 33.0 Å². The minimum Gasteiger partial charge on any atom is -0.462 e. The van der Waals surface area contributed by atoms with Gasteiger partial charge in [-0.05, 0) is 74.3 Å². The molecule has 0 N–H and O–H groups in total. The fraction of sp³-hybridized carbons (Fsp3) is 0.500. The van der Waals surface area contributed by atoms with E-state index in [0.29, 0.717) is 36.7 Å². The van der Waals surface area contributed by atoms with E-state index in [1.54, 1.807) is 0 Å². The summed E-state index contributed by atoms with van der Waals surface area (Å²) >= 11 is 2.31. The monoisotopic (exact) mass is 453 g/mol. The molecule has 4 nitrogen and oxygen atoms in total. The van der Waals surface area contributed by atoms with E-state index in [-0.39, 0.29) is 12.0 Å². The molecular formula is C20H24INO3. The van der Waals surface area contributed by atoms with Gasteiger partial charge in [0.2, 0.25) is 0 Å². The summed E-state index contributed by atoms with van der Waals surface area (Å²) in [7, 11) is 0. The van der Waals surface area contributed by atoms with Gasteiger partial charge in [0.1, 0.15) is 5.78 Å². The van der Waals surface area contributed by atoms with Crippen molar-refractivity contribution in [3.8, 4) is 0 Å². The van der Waals surface area contributed by atoms with Gasteiger partial charge >= 0.3 is 5.97 Å². The number of ketones is 1. The summed E-state index contributed by atoms with van der Waals surface area (Å²) in [6.07, 6.45) is 3.21. The van der Waals surface area contributed by atoms with Crippen molar-refractivity contribution >= 4 is 45.2 Å². The van der Waals surface area contributed by atoms with E-state index in [4.69, 9.17) is 4.74 Å². The second-order valence-electron chi connectivity index (χ2n) is 6.83. The third kappa shape index (κ3) is 3.48. The molecule has 0 saturated heterocycles. The van der Waals surface area contributed by atoms with E-state index < -0.39 is 0 Å². The summed E-state index contributed by atoms with van der Waals surface area (Å²) in [6, 6.07) is 6.43. The van der Waals surface area contributed by atoms with Gasteiger partial charge in [0.15, 0.2) is 0 Å². The molecule has 3 rings (SSSR count). The van der Waals surface area contributed by atoms with Crippen LogP contribution < -0.4 is 0 Å². The van der Waals surface area contributed by atoms with Crippen LogP contribution in [0.4, 0.5) is 0 Å². The SMILES string of the molecule is CCOC(=O)c1c(C)n([C@H](C)C2CCC(=O)CC2)c2cc(I)ccc12. The third-order valence-corrected chi connectivity index (χ3v) is 6.04. The van der Waals surface area contributed by atoms with Gasteiger partial charge in [-0.15, -0.1) is 0 Å². The lowest BCUT2D eigenvalue weighted by Crippen LogP contribution is -2.23. The van der Waals surface area contributed by atoms with Crippen LogP contribution in [0.2, 0.25) is 0 Å². The molecule has 1 saturated carbocycles. The molecule has 1 aliphatic carbocycles. The highest BCUT2D eigenvalue weighted by atomic mass is 127. The van der Waals surface area contributed by atoms with E-state index in [2.05, 4.69) is 40.1 Å². The number of esters is 1. The van der Waals surface area contributed by atoms with Crippen molar-refractivity contribution in [2.45, 2.75) is 52.5 Å². The van der Waals surface area contributed by atoms with Gasteiger partial charge in [0, 0.05) is 33.5 Å². The first-order valence-corrected chi connectivity index (χ1v) is 10.0. The topological polar surface area (TPSA) is 48.3 Å². The molecule has 1 aromatic carbocycles. The molecule has 1 atom stereocenters. The first kappa shape index (κ1) is 18.4. The van der Waals surface area contributed by atoms with Gasteiger partial charge < -0.3 is 9.30 Å². The van der Waals surface area contributed by atoms with Crippen molar-refractivity contribution in [1.82, 2.24) is 4.57 Å². The largest absolute Gasteiger partial charge is 0.462 e. The first-order chi connectivity index (χ1) is 11.9. The molecule has 5 heteroatoms. The van der Waals surface area contributed by atoms with Crippen LogP contribution in [0.3, 0.4) is 0 Å². The molecular weight excluding hydrogens is 429 g/mol. The van der Waals surface area contributed by atoms with Crippen molar-refractivity contribution in [2.24, 2.45) is 5.92 Å². The van der Waals surface area contributed by atoms with Gasteiger partial charge in [-0.3, -0.25) is 4.79 Å². The second kappa shape index (κ2) is 7.48. The predicted molar refractivity (Wildman–Crippen MR) is 107 cm³/mol.